The van der Waals surface area contributed by atoms with Crippen LogP contribution in [0.15, 0.2) is 57.5 Å². The van der Waals surface area contributed by atoms with Gasteiger partial charge in [-0.05, 0) is 0 Å². The third kappa shape index (κ3) is 4.84. The molecule has 0 radical (unpaired) electrons. The summed E-state index contributed by atoms with van der Waals surface area (Å²) in [7, 11) is 0. The van der Waals surface area contributed by atoms with Crippen LogP contribution < -0.4 is 0 Å². The molecular formula is C14H12Br2Hg. The fraction of sp³-hybridized carbons (Fsp3) is 0.143. The summed E-state index contributed by atoms with van der Waals surface area (Å²) < 4.78 is 5.11. The fourth-order valence-corrected chi connectivity index (χ4v) is 9.05. The van der Waals surface area contributed by atoms with Gasteiger partial charge in [0.1, 0.15) is 0 Å². The van der Waals surface area contributed by atoms with Crippen molar-refractivity contribution in [2.45, 2.75) is 7.86 Å². The number of hydrogen-bond acceptors (Lipinski definition) is 0. The molecule has 3 heteroatoms. The van der Waals surface area contributed by atoms with Gasteiger partial charge in [-0.2, -0.15) is 0 Å². The predicted octanol–water partition coefficient (Wildman–Crippen LogP) is 4.99. The molecule has 84 valence electrons. The fourth-order valence-electron chi connectivity index (χ4n) is 1.88. The summed E-state index contributed by atoms with van der Waals surface area (Å²) in [6, 6.07) is 17.4. The van der Waals surface area contributed by atoms with Crippen LogP contribution in [-0.4, -0.2) is 0 Å². The molecule has 17 heavy (non-hydrogen) atoms. The Morgan fingerprint density at radius 1 is 0.765 bits per heavy atom. The maximum absolute atomic E-state index is 3.53. The summed E-state index contributed by atoms with van der Waals surface area (Å²) in [6.45, 7) is 0. The Bertz CT molecular complexity index is 452. The van der Waals surface area contributed by atoms with Gasteiger partial charge in [-0.3, -0.25) is 0 Å². The first-order chi connectivity index (χ1) is 8.24. The topological polar surface area (TPSA) is 0 Å². The SMILES string of the molecule is Brc1cccc([CH2][Hg][CH2]c2cccc(Br)c2)c1. The van der Waals surface area contributed by atoms with Crippen LogP contribution in [0.1, 0.15) is 11.1 Å². The maximum atomic E-state index is 3.53. The second-order valence-corrected chi connectivity index (χ2v) is 12.6. The van der Waals surface area contributed by atoms with Crippen LogP contribution in [0, 0.1) is 0 Å². The van der Waals surface area contributed by atoms with E-state index >= 15 is 0 Å². The number of benzene rings is 2. The van der Waals surface area contributed by atoms with Gasteiger partial charge in [0.2, 0.25) is 0 Å². The second-order valence-electron chi connectivity index (χ2n) is 4.11. The van der Waals surface area contributed by atoms with Gasteiger partial charge in [0.05, 0.1) is 0 Å². The van der Waals surface area contributed by atoms with E-state index in [1.807, 2.05) is 0 Å². The Balaban J connectivity index is 1.87. The molecule has 2 aromatic rings. The summed E-state index contributed by atoms with van der Waals surface area (Å²) >= 11 is 6.25. The van der Waals surface area contributed by atoms with Crippen molar-refractivity contribution in [1.82, 2.24) is 0 Å². The molecule has 0 unspecified atom stereocenters. The summed E-state index contributed by atoms with van der Waals surface area (Å²) in [4.78, 5) is 0. The van der Waals surface area contributed by atoms with Crippen LogP contribution in [-0.2, 0) is 32.4 Å². The molecule has 2 rings (SSSR count). The van der Waals surface area contributed by atoms with Crippen LogP contribution >= 0.6 is 31.9 Å². The van der Waals surface area contributed by atoms with Crippen LogP contribution in [0.4, 0.5) is 0 Å². The summed E-state index contributed by atoms with van der Waals surface area (Å²) in [5.74, 6) is 0. The molecule has 0 atom stereocenters. The second kappa shape index (κ2) is 7.05. The molecule has 0 spiro atoms. The Hall–Kier alpha value is 0.335. The molecule has 0 amide bonds. The van der Waals surface area contributed by atoms with Gasteiger partial charge in [0.15, 0.2) is 0 Å². The average molecular weight is 541 g/mol. The van der Waals surface area contributed by atoms with E-state index in [0.29, 0.717) is 0 Å². The molecule has 0 fully saturated rings. The molecule has 0 saturated heterocycles. The van der Waals surface area contributed by atoms with Gasteiger partial charge in [0, 0.05) is 0 Å². The standard InChI is InChI=1S/2C7H6Br.Hg/c2*1-6-3-2-4-7(8)5-6;/h2*2-5H,1H2;. The third-order valence-electron chi connectivity index (χ3n) is 2.71. The molecule has 0 heterocycles. The van der Waals surface area contributed by atoms with Crippen molar-refractivity contribution in [3.8, 4) is 0 Å². The zero-order valence-corrected chi connectivity index (χ0v) is 18.2. The summed E-state index contributed by atoms with van der Waals surface area (Å²) in [6.07, 6.45) is 0. The summed E-state index contributed by atoms with van der Waals surface area (Å²) in [5, 5.41) is 0. The predicted molar refractivity (Wildman–Crippen MR) is 75.7 cm³/mol. The van der Waals surface area contributed by atoms with E-state index in [1.54, 1.807) is 0 Å². The van der Waals surface area contributed by atoms with Crippen molar-refractivity contribution in [2.24, 2.45) is 0 Å². The molecule has 0 nitrogen and oxygen atoms in total. The van der Waals surface area contributed by atoms with Crippen molar-refractivity contribution in [3.63, 3.8) is 0 Å². The molecule has 0 aliphatic carbocycles. The molecule has 0 aliphatic rings. The first-order valence-corrected chi connectivity index (χ1v) is 15.1. The Morgan fingerprint density at radius 2 is 1.24 bits per heavy atom. The van der Waals surface area contributed by atoms with E-state index < -0.39 is 24.6 Å². The molecule has 2 aromatic carbocycles. The Labute approximate surface area is 132 Å². The van der Waals surface area contributed by atoms with Gasteiger partial charge >= 0.3 is 133 Å². The zero-order chi connectivity index (χ0) is 12.1. The molecule has 0 saturated carbocycles. The van der Waals surface area contributed by atoms with Gasteiger partial charge in [-0.25, -0.2) is 0 Å². The van der Waals surface area contributed by atoms with E-state index in [-0.39, 0.29) is 0 Å². The Morgan fingerprint density at radius 3 is 1.65 bits per heavy atom. The van der Waals surface area contributed by atoms with E-state index in [1.165, 1.54) is 27.9 Å². The normalized spacial score (nSPS) is 10.0. The van der Waals surface area contributed by atoms with Crippen LogP contribution in [0.3, 0.4) is 0 Å². The van der Waals surface area contributed by atoms with E-state index in [9.17, 15) is 0 Å². The first-order valence-electron chi connectivity index (χ1n) is 5.73. The molecule has 0 aromatic heterocycles. The molecule has 0 aliphatic heterocycles. The molecule has 0 bridgehead atoms. The average Bonchev–Trinajstić information content (AvgIpc) is 2.29. The monoisotopic (exact) mass is 540 g/mol. The van der Waals surface area contributed by atoms with Crippen molar-refractivity contribution in [3.05, 3.63) is 68.6 Å². The minimum absolute atomic E-state index is 0.807. The number of rotatable bonds is 4. The first kappa shape index (κ1) is 13.8. The Kier molecular flexibility index (Phi) is 5.71. The van der Waals surface area contributed by atoms with Crippen LogP contribution in [0.2, 0.25) is 0 Å². The van der Waals surface area contributed by atoms with Gasteiger partial charge in [-0.15, -0.1) is 0 Å². The van der Waals surface area contributed by atoms with Crippen LogP contribution in [0.25, 0.3) is 0 Å². The van der Waals surface area contributed by atoms with Crippen LogP contribution in [0.5, 0.6) is 0 Å². The van der Waals surface area contributed by atoms with Gasteiger partial charge in [0.25, 0.3) is 0 Å². The summed E-state index contributed by atoms with van der Waals surface area (Å²) in [5.41, 5.74) is 2.99. The van der Waals surface area contributed by atoms with Gasteiger partial charge in [-0.1, -0.05) is 0 Å². The van der Waals surface area contributed by atoms with E-state index in [2.05, 4.69) is 80.4 Å². The van der Waals surface area contributed by atoms with Crippen molar-refractivity contribution in [2.75, 3.05) is 0 Å². The van der Waals surface area contributed by atoms with E-state index in [0.717, 1.165) is 0 Å². The number of hydrogen-bond donors (Lipinski definition) is 0. The minimum atomic E-state index is -0.807. The van der Waals surface area contributed by atoms with E-state index in [4.69, 9.17) is 0 Å². The van der Waals surface area contributed by atoms with Crippen molar-refractivity contribution >= 4 is 31.9 Å². The number of halogens is 2. The third-order valence-corrected chi connectivity index (χ3v) is 10.9. The van der Waals surface area contributed by atoms with Gasteiger partial charge < -0.3 is 0 Å². The van der Waals surface area contributed by atoms with Crippen molar-refractivity contribution < 1.29 is 24.6 Å². The quantitative estimate of drug-likeness (QED) is 0.480. The zero-order valence-electron chi connectivity index (χ0n) is 9.50. The van der Waals surface area contributed by atoms with Crippen molar-refractivity contribution in [1.29, 1.82) is 0 Å². The molecule has 0 N–H and O–H groups in total. The molecular weight excluding hydrogens is 529 g/mol.